The molecule has 0 amide bonds. The highest BCUT2D eigenvalue weighted by atomic mass is 32.1. The van der Waals surface area contributed by atoms with Crippen LogP contribution in [0.4, 0.5) is 0 Å². The summed E-state index contributed by atoms with van der Waals surface area (Å²) in [4.78, 5) is 6.00. The molecule has 0 aromatic carbocycles. The van der Waals surface area contributed by atoms with Crippen LogP contribution >= 0.6 is 11.3 Å². The molecule has 124 valence electrons. The van der Waals surface area contributed by atoms with E-state index in [9.17, 15) is 0 Å². The van der Waals surface area contributed by atoms with Crippen molar-refractivity contribution in [1.82, 2.24) is 10.6 Å². The predicted molar refractivity (Wildman–Crippen MR) is 94.5 cm³/mol. The SMILES string of the molecule is CCNC(=NCc1cccs1)NCC1(CCOC)CCCC1. The molecule has 1 fully saturated rings. The van der Waals surface area contributed by atoms with Gasteiger partial charge in [-0.2, -0.15) is 0 Å². The van der Waals surface area contributed by atoms with Gasteiger partial charge in [0.2, 0.25) is 0 Å². The van der Waals surface area contributed by atoms with Gasteiger partial charge in [0.15, 0.2) is 5.96 Å². The first-order valence-electron chi connectivity index (χ1n) is 8.31. The third-order valence-corrected chi connectivity index (χ3v) is 5.31. The monoisotopic (exact) mass is 323 g/mol. The molecule has 5 heteroatoms. The lowest BCUT2D eigenvalue weighted by molar-refractivity contribution is 0.138. The average molecular weight is 324 g/mol. The number of nitrogens with zero attached hydrogens (tertiary/aromatic N) is 1. The first-order chi connectivity index (χ1) is 10.8. The van der Waals surface area contributed by atoms with E-state index in [-0.39, 0.29) is 0 Å². The Balaban J connectivity index is 1.90. The predicted octanol–water partition coefficient (Wildman–Crippen LogP) is 3.40. The van der Waals surface area contributed by atoms with Crippen LogP contribution in [-0.4, -0.2) is 32.8 Å². The molecule has 0 aliphatic heterocycles. The standard InChI is InChI=1S/C17H29N3OS/c1-3-18-16(19-13-15-7-6-12-22-15)20-14-17(10-11-21-2)8-4-5-9-17/h6-7,12H,3-5,8-11,13-14H2,1-2H3,(H2,18,19,20). The van der Waals surface area contributed by atoms with E-state index < -0.39 is 0 Å². The summed E-state index contributed by atoms with van der Waals surface area (Å²) in [5.74, 6) is 0.930. The van der Waals surface area contributed by atoms with Gasteiger partial charge in [-0.1, -0.05) is 18.9 Å². The molecule has 4 nitrogen and oxygen atoms in total. The Kier molecular flexibility index (Phi) is 7.19. The summed E-state index contributed by atoms with van der Waals surface area (Å²) >= 11 is 1.76. The Morgan fingerprint density at radius 3 is 2.82 bits per heavy atom. The third kappa shape index (κ3) is 5.29. The zero-order valence-electron chi connectivity index (χ0n) is 13.9. The van der Waals surface area contributed by atoms with Crippen LogP contribution in [0.5, 0.6) is 0 Å². The number of guanidine groups is 1. The minimum absolute atomic E-state index is 0.384. The number of methoxy groups -OCH3 is 1. The van der Waals surface area contributed by atoms with E-state index in [1.54, 1.807) is 18.4 Å². The molecular formula is C17H29N3OS. The van der Waals surface area contributed by atoms with Crippen LogP contribution in [0.1, 0.15) is 43.9 Å². The number of rotatable bonds is 8. The molecule has 0 atom stereocenters. The largest absolute Gasteiger partial charge is 0.385 e. The number of nitrogens with one attached hydrogen (secondary N) is 2. The van der Waals surface area contributed by atoms with Crippen LogP contribution < -0.4 is 10.6 Å². The maximum atomic E-state index is 5.31. The van der Waals surface area contributed by atoms with Crippen molar-refractivity contribution < 1.29 is 4.74 Å². The second-order valence-electron chi connectivity index (χ2n) is 6.08. The highest BCUT2D eigenvalue weighted by Gasteiger charge is 2.33. The number of aliphatic imine (C=N–C) groups is 1. The van der Waals surface area contributed by atoms with Gasteiger partial charge in [-0.15, -0.1) is 11.3 Å². The van der Waals surface area contributed by atoms with Crippen LogP contribution in [0.15, 0.2) is 22.5 Å². The van der Waals surface area contributed by atoms with Gasteiger partial charge in [-0.25, -0.2) is 4.99 Å². The summed E-state index contributed by atoms with van der Waals surface area (Å²) < 4.78 is 5.31. The van der Waals surface area contributed by atoms with Gasteiger partial charge in [0, 0.05) is 31.7 Å². The van der Waals surface area contributed by atoms with Crippen LogP contribution in [0, 0.1) is 5.41 Å². The summed E-state index contributed by atoms with van der Waals surface area (Å²) in [6, 6.07) is 4.21. The smallest absolute Gasteiger partial charge is 0.191 e. The number of hydrogen-bond acceptors (Lipinski definition) is 3. The lowest BCUT2D eigenvalue weighted by Gasteiger charge is -2.30. The van der Waals surface area contributed by atoms with E-state index in [1.807, 2.05) is 0 Å². The summed E-state index contributed by atoms with van der Waals surface area (Å²) in [5.41, 5.74) is 0.384. The second kappa shape index (κ2) is 9.16. The van der Waals surface area contributed by atoms with Crippen molar-refractivity contribution in [2.75, 3.05) is 26.8 Å². The van der Waals surface area contributed by atoms with Gasteiger partial charge in [0.05, 0.1) is 6.54 Å². The van der Waals surface area contributed by atoms with Gasteiger partial charge in [0.1, 0.15) is 0 Å². The van der Waals surface area contributed by atoms with Crippen LogP contribution in [0.2, 0.25) is 0 Å². The fourth-order valence-corrected chi connectivity index (χ4v) is 3.76. The van der Waals surface area contributed by atoms with Gasteiger partial charge in [-0.05, 0) is 43.0 Å². The Labute approximate surface area is 138 Å². The topological polar surface area (TPSA) is 45.7 Å². The molecule has 0 radical (unpaired) electrons. The molecule has 0 saturated heterocycles. The molecule has 1 aliphatic rings. The van der Waals surface area contributed by atoms with Crippen molar-refractivity contribution in [3.63, 3.8) is 0 Å². The minimum atomic E-state index is 0.384. The molecule has 22 heavy (non-hydrogen) atoms. The highest BCUT2D eigenvalue weighted by Crippen LogP contribution is 2.40. The van der Waals surface area contributed by atoms with Gasteiger partial charge >= 0.3 is 0 Å². The molecule has 0 spiro atoms. The summed E-state index contributed by atoms with van der Waals surface area (Å²) in [6.45, 7) is 5.59. The van der Waals surface area contributed by atoms with Gasteiger partial charge in [-0.3, -0.25) is 0 Å². The van der Waals surface area contributed by atoms with Crippen molar-refractivity contribution in [2.45, 2.75) is 45.6 Å². The minimum Gasteiger partial charge on any atom is -0.385 e. The number of thiophene rings is 1. The van der Waals surface area contributed by atoms with Crippen molar-refractivity contribution >= 4 is 17.3 Å². The van der Waals surface area contributed by atoms with Crippen molar-refractivity contribution in [2.24, 2.45) is 10.4 Å². The summed E-state index contributed by atoms with van der Waals surface area (Å²) in [7, 11) is 1.79. The van der Waals surface area contributed by atoms with Crippen molar-refractivity contribution in [3.05, 3.63) is 22.4 Å². The van der Waals surface area contributed by atoms with E-state index in [1.165, 1.54) is 30.6 Å². The zero-order chi connectivity index (χ0) is 15.7. The molecule has 1 aliphatic carbocycles. The Bertz CT molecular complexity index is 439. The maximum absolute atomic E-state index is 5.31. The molecule has 1 aromatic heterocycles. The molecule has 0 unspecified atom stereocenters. The highest BCUT2D eigenvalue weighted by molar-refractivity contribution is 7.09. The van der Waals surface area contributed by atoms with Crippen LogP contribution in [0.3, 0.4) is 0 Å². The molecule has 1 saturated carbocycles. The van der Waals surface area contributed by atoms with Crippen LogP contribution in [-0.2, 0) is 11.3 Å². The quantitative estimate of drug-likeness (QED) is 0.569. The van der Waals surface area contributed by atoms with E-state index in [0.29, 0.717) is 5.41 Å². The van der Waals surface area contributed by atoms with E-state index in [0.717, 1.165) is 38.6 Å². The Morgan fingerprint density at radius 1 is 1.36 bits per heavy atom. The normalized spacial score (nSPS) is 17.6. The summed E-state index contributed by atoms with van der Waals surface area (Å²) in [6.07, 6.45) is 6.42. The molecule has 0 bridgehead atoms. The molecule has 2 N–H and O–H groups in total. The fourth-order valence-electron chi connectivity index (χ4n) is 3.13. The van der Waals surface area contributed by atoms with Crippen molar-refractivity contribution in [3.8, 4) is 0 Å². The molecular weight excluding hydrogens is 294 g/mol. The van der Waals surface area contributed by atoms with Gasteiger partial charge in [0.25, 0.3) is 0 Å². The average Bonchev–Trinajstić information content (AvgIpc) is 3.20. The Hall–Kier alpha value is -1.07. The maximum Gasteiger partial charge on any atom is 0.191 e. The fraction of sp³-hybridized carbons (Fsp3) is 0.706. The lowest BCUT2D eigenvalue weighted by Crippen LogP contribution is -2.43. The van der Waals surface area contributed by atoms with E-state index in [2.05, 4.69) is 35.1 Å². The first-order valence-corrected chi connectivity index (χ1v) is 9.19. The van der Waals surface area contributed by atoms with Crippen LogP contribution in [0.25, 0.3) is 0 Å². The molecule has 1 heterocycles. The lowest BCUT2D eigenvalue weighted by atomic mass is 9.83. The first kappa shape index (κ1) is 17.3. The van der Waals surface area contributed by atoms with E-state index >= 15 is 0 Å². The van der Waals surface area contributed by atoms with Gasteiger partial charge < -0.3 is 15.4 Å². The molecule has 1 aromatic rings. The zero-order valence-corrected chi connectivity index (χ0v) is 14.7. The molecule has 2 rings (SSSR count). The number of ether oxygens (including phenoxy) is 1. The third-order valence-electron chi connectivity index (χ3n) is 4.45. The Morgan fingerprint density at radius 2 is 2.18 bits per heavy atom. The van der Waals surface area contributed by atoms with Crippen molar-refractivity contribution in [1.29, 1.82) is 0 Å². The number of hydrogen-bond donors (Lipinski definition) is 2. The van der Waals surface area contributed by atoms with E-state index in [4.69, 9.17) is 9.73 Å². The second-order valence-corrected chi connectivity index (χ2v) is 7.11. The summed E-state index contributed by atoms with van der Waals surface area (Å²) in [5, 5.41) is 9.02.